The lowest BCUT2D eigenvalue weighted by Crippen LogP contribution is -2.42. The normalized spacial score (nSPS) is 20.5. The zero-order valence-electron chi connectivity index (χ0n) is 15.7. The molecule has 0 radical (unpaired) electrons. The molecule has 148 valence electrons. The van der Waals surface area contributed by atoms with Gasteiger partial charge in [0.2, 0.25) is 5.91 Å². The number of rotatable bonds is 4. The number of hydrogen-bond acceptors (Lipinski definition) is 7. The van der Waals surface area contributed by atoms with Gasteiger partial charge in [-0.3, -0.25) is 14.4 Å². The van der Waals surface area contributed by atoms with Crippen molar-refractivity contribution in [2.45, 2.75) is 32.2 Å². The first-order valence-electron chi connectivity index (χ1n) is 9.40. The zero-order chi connectivity index (χ0) is 19.7. The molecule has 0 aromatic carbocycles. The van der Waals surface area contributed by atoms with Gasteiger partial charge < -0.3 is 15.1 Å². The maximum atomic E-state index is 13.0. The van der Waals surface area contributed by atoms with Crippen LogP contribution in [0.5, 0.6) is 0 Å². The number of carbonyl (C=O) groups is 2. The maximum Gasteiger partial charge on any atom is 0.267 e. The average molecular weight is 385 g/mol. The van der Waals surface area contributed by atoms with Crippen LogP contribution < -0.4 is 10.6 Å². The van der Waals surface area contributed by atoms with Gasteiger partial charge in [0.1, 0.15) is 23.6 Å². The fraction of sp³-hybridized carbons (Fsp3) is 0.474. The Morgan fingerprint density at radius 1 is 1.18 bits per heavy atom. The van der Waals surface area contributed by atoms with Crippen molar-refractivity contribution < 1.29 is 18.8 Å². The van der Waals surface area contributed by atoms with Crippen molar-refractivity contribution in [2.75, 3.05) is 24.6 Å². The van der Waals surface area contributed by atoms with Gasteiger partial charge >= 0.3 is 0 Å². The number of carbonyl (C=O) groups excluding carboxylic acids is 2. The highest BCUT2D eigenvalue weighted by Crippen LogP contribution is 2.34. The van der Waals surface area contributed by atoms with Crippen molar-refractivity contribution in [1.29, 1.82) is 0 Å². The van der Waals surface area contributed by atoms with Gasteiger partial charge in [-0.25, -0.2) is 15.0 Å². The quantitative estimate of drug-likeness (QED) is 0.850. The van der Waals surface area contributed by atoms with E-state index < -0.39 is 5.91 Å². The number of nitrogens with zero attached hydrogens (tertiary/aromatic N) is 4. The largest absolute Gasteiger partial charge is 0.469 e. The van der Waals surface area contributed by atoms with E-state index >= 15 is 0 Å². The number of aryl methyl sites for hydroxylation is 1. The number of primary amides is 1. The van der Waals surface area contributed by atoms with Crippen molar-refractivity contribution in [2.24, 2.45) is 11.7 Å². The second-order valence-corrected chi connectivity index (χ2v) is 7.18. The topological polar surface area (TPSA) is 115 Å². The van der Waals surface area contributed by atoms with E-state index in [9.17, 15) is 9.59 Å². The lowest BCUT2D eigenvalue weighted by molar-refractivity contribution is -0.182. The van der Waals surface area contributed by atoms with Gasteiger partial charge in [-0.05, 0) is 25.8 Å². The van der Waals surface area contributed by atoms with Gasteiger partial charge in [0, 0.05) is 37.1 Å². The van der Waals surface area contributed by atoms with Crippen molar-refractivity contribution in [1.82, 2.24) is 15.0 Å². The Hall–Kier alpha value is -2.94. The van der Waals surface area contributed by atoms with Crippen LogP contribution in [0.3, 0.4) is 0 Å². The van der Waals surface area contributed by atoms with E-state index in [1.165, 1.54) is 11.4 Å². The third-order valence-corrected chi connectivity index (χ3v) is 5.33. The van der Waals surface area contributed by atoms with Crippen LogP contribution in [0.15, 0.2) is 29.1 Å². The van der Waals surface area contributed by atoms with Crippen molar-refractivity contribution in [3.8, 4) is 0 Å². The van der Waals surface area contributed by atoms with Crippen LogP contribution in [0.2, 0.25) is 0 Å². The van der Waals surface area contributed by atoms with E-state index in [0.717, 1.165) is 17.7 Å². The molecule has 0 spiro atoms. The van der Waals surface area contributed by atoms with Gasteiger partial charge in [-0.2, -0.15) is 0 Å². The van der Waals surface area contributed by atoms with Crippen LogP contribution in [0.4, 0.5) is 5.82 Å². The first-order chi connectivity index (χ1) is 13.5. The summed E-state index contributed by atoms with van der Waals surface area (Å²) >= 11 is 0. The average Bonchev–Trinajstić information content (AvgIpc) is 3.36. The SMILES string of the molecule is Cc1cc(C2CCON2C(=O)C2CCN(c3cc(C(N)=O)ncn3)CC2)co1. The first kappa shape index (κ1) is 18.4. The summed E-state index contributed by atoms with van der Waals surface area (Å²) in [6, 6.07) is 3.45. The molecule has 0 aliphatic carbocycles. The van der Waals surface area contributed by atoms with E-state index in [4.69, 9.17) is 15.0 Å². The van der Waals surface area contributed by atoms with Crippen LogP contribution in [0.25, 0.3) is 0 Å². The summed E-state index contributed by atoms with van der Waals surface area (Å²) in [6.45, 7) is 3.73. The molecule has 9 nitrogen and oxygen atoms in total. The summed E-state index contributed by atoms with van der Waals surface area (Å²) in [5, 5.41) is 1.53. The molecule has 9 heteroatoms. The van der Waals surface area contributed by atoms with E-state index in [-0.39, 0.29) is 23.6 Å². The zero-order valence-corrected chi connectivity index (χ0v) is 15.7. The molecular weight excluding hydrogens is 362 g/mol. The van der Waals surface area contributed by atoms with E-state index in [2.05, 4.69) is 9.97 Å². The summed E-state index contributed by atoms with van der Waals surface area (Å²) in [4.78, 5) is 40.1. The molecule has 4 heterocycles. The highest BCUT2D eigenvalue weighted by Gasteiger charge is 2.37. The Labute approximate surface area is 162 Å². The van der Waals surface area contributed by atoms with Gasteiger partial charge in [0.05, 0.1) is 18.9 Å². The number of amides is 2. The van der Waals surface area contributed by atoms with Crippen molar-refractivity contribution >= 4 is 17.6 Å². The first-order valence-corrected chi connectivity index (χ1v) is 9.40. The second-order valence-electron chi connectivity index (χ2n) is 7.18. The molecule has 28 heavy (non-hydrogen) atoms. The molecule has 2 aliphatic heterocycles. The molecule has 1 atom stereocenters. The van der Waals surface area contributed by atoms with Crippen LogP contribution in [-0.4, -0.2) is 46.5 Å². The third-order valence-electron chi connectivity index (χ3n) is 5.33. The number of hydroxylamine groups is 2. The molecule has 2 aromatic heterocycles. The number of furan rings is 1. The summed E-state index contributed by atoms with van der Waals surface area (Å²) in [5.74, 6) is 0.797. The number of nitrogens with two attached hydrogens (primary N) is 1. The molecule has 2 fully saturated rings. The van der Waals surface area contributed by atoms with E-state index in [0.29, 0.717) is 38.4 Å². The monoisotopic (exact) mass is 385 g/mol. The molecule has 2 N–H and O–H groups in total. The van der Waals surface area contributed by atoms with Crippen LogP contribution in [-0.2, 0) is 9.63 Å². The highest BCUT2D eigenvalue weighted by atomic mass is 16.7. The molecule has 2 aromatic rings. The Balaban J connectivity index is 1.40. The Bertz CT molecular complexity index is 875. The summed E-state index contributed by atoms with van der Waals surface area (Å²) in [7, 11) is 0. The van der Waals surface area contributed by atoms with Crippen molar-refractivity contribution in [3.63, 3.8) is 0 Å². The molecule has 2 saturated heterocycles. The molecule has 4 rings (SSSR count). The van der Waals surface area contributed by atoms with E-state index in [1.54, 1.807) is 12.3 Å². The summed E-state index contributed by atoms with van der Waals surface area (Å²) < 4.78 is 5.39. The summed E-state index contributed by atoms with van der Waals surface area (Å²) in [5.41, 5.74) is 6.45. The van der Waals surface area contributed by atoms with Crippen LogP contribution in [0, 0.1) is 12.8 Å². The number of aromatic nitrogens is 2. The number of hydrogen-bond donors (Lipinski definition) is 1. The van der Waals surface area contributed by atoms with E-state index in [1.807, 2.05) is 17.9 Å². The Morgan fingerprint density at radius 2 is 1.96 bits per heavy atom. The van der Waals surface area contributed by atoms with Crippen molar-refractivity contribution in [3.05, 3.63) is 41.7 Å². The summed E-state index contributed by atoms with van der Waals surface area (Å²) in [6.07, 6.45) is 5.17. The van der Waals surface area contributed by atoms with Gasteiger partial charge in [0.25, 0.3) is 5.91 Å². The lowest BCUT2D eigenvalue weighted by Gasteiger charge is -2.34. The fourth-order valence-electron chi connectivity index (χ4n) is 3.82. The van der Waals surface area contributed by atoms with Gasteiger partial charge in [-0.15, -0.1) is 0 Å². The maximum absolute atomic E-state index is 13.0. The van der Waals surface area contributed by atoms with Crippen LogP contribution in [0.1, 0.15) is 47.1 Å². The third kappa shape index (κ3) is 3.57. The Kier molecular flexibility index (Phi) is 4.99. The Morgan fingerprint density at radius 3 is 2.64 bits per heavy atom. The molecule has 0 bridgehead atoms. The minimum Gasteiger partial charge on any atom is -0.469 e. The van der Waals surface area contributed by atoms with Crippen LogP contribution >= 0.6 is 0 Å². The second kappa shape index (κ2) is 7.59. The molecule has 0 saturated carbocycles. The molecule has 1 unspecified atom stereocenters. The number of anilines is 1. The lowest BCUT2D eigenvalue weighted by atomic mass is 9.94. The minimum atomic E-state index is -0.583. The predicted molar refractivity (Wildman–Crippen MR) is 99.1 cm³/mol. The minimum absolute atomic E-state index is 0.0153. The van der Waals surface area contributed by atoms with Gasteiger partial charge in [-0.1, -0.05) is 0 Å². The smallest absolute Gasteiger partial charge is 0.267 e. The number of piperidine rings is 1. The predicted octanol–water partition coefficient (Wildman–Crippen LogP) is 1.60. The molecular formula is C19H23N5O4. The molecule has 2 amide bonds. The molecule has 2 aliphatic rings. The van der Waals surface area contributed by atoms with Gasteiger partial charge in [0.15, 0.2) is 0 Å². The fourth-order valence-corrected chi connectivity index (χ4v) is 3.82. The standard InChI is InChI=1S/C19H23N5O4/c1-12-8-14(10-27-12)16-4-7-28-24(16)19(26)13-2-5-23(6-3-13)17-9-15(18(20)25)21-11-22-17/h8-11,13,16H,2-7H2,1H3,(H2,20,25). The highest BCUT2D eigenvalue weighted by molar-refractivity contribution is 5.91.